The van der Waals surface area contributed by atoms with Crippen molar-refractivity contribution in [1.82, 2.24) is 4.90 Å². The zero-order valence-electron chi connectivity index (χ0n) is 18.4. The number of hydrogen-bond acceptors (Lipinski definition) is 6. The van der Waals surface area contributed by atoms with Gasteiger partial charge in [0.15, 0.2) is 18.4 Å². The second-order valence-corrected chi connectivity index (χ2v) is 9.37. The molecule has 3 saturated heterocycles. The molecule has 6 nitrogen and oxygen atoms in total. The number of rotatable bonds is 7. The van der Waals surface area contributed by atoms with Gasteiger partial charge in [0.1, 0.15) is 24.4 Å². The summed E-state index contributed by atoms with van der Waals surface area (Å²) in [6.07, 6.45) is -2.02. The number of nitrogens with zero attached hydrogens (tertiary/aromatic N) is 1. The third kappa shape index (κ3) is 4.73. The first-order chi connectivity index (χ1) is 15.5. The molecule has 172 valence electrons. The fourth-order valence-corrected chi connectivity index (χ4v) is 4.97. The molecular weight excluding hydrogens is 430 g/mol. The molecule has 0 spiro atoms. The van der Waals surface area contributed by atoms with Crippen molar-refractivity contribution in [3.63, 3.8) is 0 Å². The predicted molar refractivity (Wildman–Crippen MR) is 120 cm³/mol. The Hall–Kier alpha value is -1.51. The molecule has 3 heterocycles. The van der Waals surface area contributed by atoms with Gasteiger partial charge >= 0.3 is 0 Å². The third-order valence-corrected chi connectivity index (χ3v) is 6.30. The van der Waals surface area contributed by atoms with E-state index in [2.05, 4.69) is 29.2 Å². The summed E-state index contributed by atoms with van der Waals surface area (Å²) in [5.41, 5.74) is 2.21. The zero-order chi connectivity index (χ0) is 22.1. The zero-order valence-corrected chi connectivity index (χ0v) is 19.2. The molecule has 0 radical (unpaired) electrons. The van der Waals surface area contributed by atoms with Gasteiger partial charge in [0.05, 0.1) is 0 Å². The van der Waals surface area contributed by atoms with Crippen molar-refractivity contribution >= 4 is 11.6 Å². The Kier molecular flexibility index (Phi) is 6.54. The summed E-state index contributed by atoms with van der Waals surface area (Å²) >= 11 is 6.15. The van der Waals surface area contributed by atoms with E-state index < -0.39 is 18.4 Å². The van der Waals surface area contributed by atoms with E-state index in [0.717, 1.165) is 18.7 Å². The average Bonchev–Trinajstić information content (AvgIpc) is 3.27. The van der Waals surface area contributed by atoms with Crippen LogP contribution in [-0.2, 0) is 30.2 Å². The number of alkyl halides is 1. The summed E-state index contributed by atoms with van der Waals surface area (Å²) in [6.45, 7) is 6.00. The van der Waals surface area contributed by atoms with Crippen LogP contribution in [0, 0.1) is 0 Å². The lowest BCUT2D eigenvalue weighted by atomic mass is 10.0. The third-order valence-electron chi connectivity index (χ3n) is 6.13. The molecule has 7 heteroatoms. The molecule has 0 saturated carbocycles. The van der Waals surface area contributed by atoms with Crippen LogP contribution in [0.3, 0.4) is 0 Å². The van der Waals surface area contributed by atoms with Gasteiger partial charge in [-0.3, -0.25) is 4.90 Å². The Morgan fingerprint density at radius 2 is 1.56 bits per heavy atom. The number of fused-ring (bicyclic) bond motifs is 3. The molecule has 2 aromatic carbocycles. The van der Waals surface area contributed by atoms with Gasteiger partial charge in [0.25, 0.3) is 0 Å². The van der Waals surface area contributed by atoms with Crippen LogP contribution in [0.25, 0.3) is 0 Å². The van der Waals surface area contributed by atoms with Crippen molar-refractivity contribution in [3.8, 4) is 0 Å². The van der Waals surface area contributed by atoms with Gasteiger partial charge in [-0.25, -0.2) is 0 Å². The molecule has 0 aliphatic carbocycles. The molecule has 2 aromatic rings. The van der Waals surface area contributed by atoms with Gasteiger partial charge in [0, 0.05) is 31.1 Å². The van der Waals surface area contributed by atoms with Crippen LogP contribution in [0.4, 0.5) is 0 Å². The maximum Gasteiger partial charge on any atom is 0.190 e. The molecule has 3 aliphatic heterocycles. The number of ether oxygens (including phenoxy) is 5. The van der Waals surface area contributed by atoms with Gasteiger partial charge in [-0.05, 0) is 19.4 Å². The summed E-state index contributed by atoms with van der Waals surface area (Å²) in [7, 11) is 0. The van der Waals surface area contributed by atoms with Crippen LogP contribution in [-0.4, -0.2) is 60.4 Å². The van der Waals surface area contributed by atoms with Gasteiger partial charge in [-0.2, -0.15) is 0 Å². The minimum absolute atomic E-state index is 0.216. The van der Waals surface area contributed by atoms with Crippen molar-refractivity contribution in [2.24, 2.45) is 0 Å². The van der Waals surface area contributed by atoms with Gasteiger partial charge < -0.3 is 23.7 Å². The maximum absolute atomic E-state index is 6.48. The molecule has 0 bridgehead atoms. The van der Waals surface area contributed by atoms with E-state index in [1.807, 2.05) is 50.2 Å². The topological polar surface area (TPSA) is 49.4 Å². The minimum atomic E-state index is -0.697. The molecule has 3 aliphatic rings. The Morgan fingerprint density at radius 1 is 0.844 bits per heavy atom. The highest BCUT2D eigenvalue weighted by atomic mass is 35.5. The lowest BCUT2D eigenvalue weighted by molar-refractivity contribution is -0.311. The molecule has 0 unspecified atom stereocenters. The molecule has 5 rings (SSSR count). The summed E-state index contributed by atoms with van der Waals surface area (Å²) < 4.78 is 31.3. The smallest absolute Gasteiger partial charge is 0.190 e. The van der Waals surface area contributed by atoms with E-state index in [9.17, 15) is 0 Å². The highest BCUT2D eigenvalue weighted by molar-refractivity contribution is 6.18. The van der Waals surface area contributed by atoms with Gasteiger partial charge in [-0.1, -0.05) is 60.7 Å². The van der Waals surface area contributed by atoms with Crippen molar-refractivity contribution in [2.75, 3.05) is 19.0 Å². The largest absolute Gasteiger partial charge is 0.341 e. The summed E-state index contributed by atoms with van der Waals surface area (Å²) in [5, 5.41) is 0. The van der Waals surface area contributed by atoms with E-state index in [0.29, 0.717) is 12.4 Å². The Bertz CT molecular complexity index is 882. The van der Waals surface area contributed by atoms with Crippen LogP contribution < -0.4 is 0 Å². The SMILES string of the molecule is CC1(C)O[C@H]2O[C@H]3[C@@H](O[C@@H](c4ccccc4)O[C@H]3CN(CCCl)Cc3ccccc3)[C@H]2O1. The molecular formula is C25H30ClNO5. The average molecular weight is 460 g/mol. The van der Waals surface area contributed by atoms with Crippen molar-refractivity contribution in [3.05, 3.63) is 71.8 Å². The quantitative estimate of drug-likeness (QED) is 0.581. The first kappa shape index (κ1) is 22.3. The summed E-state index contributed by atoms with van der Waals surface area (Å²) in [4.78, 5) is 2.31. The van der Waals surface area contributed by atoms with E-state index in [1.165, 1.54) is 5.56 Å². The minimum Gasteiger partial charge on any atom is -0.341 e. The van der Waals surface area contributed by atoms with E-state index in [4.69, 9.17) is 35.3 Å². The molecule has 0 amide bonds. The van der Waals surface area contributed by atoms with E-state index >= 15 is 0 Å². The highest BCUT2D eigenvalue weighted by Crippen LogP contribution is 2.45. The fourth-order valence-electron chi connectivity index (χ4n) is 4.73. The molecule has 3 fully saturated rings. The summed E-state index contributed by atoms with van der Waals surface area (Å²) in [5.74, 6) is -0.156. The van der Waals surface area contributed by atoms with Crippen LogP contribution >= 0.6 is 11.6 Å². The van der Waals surface area contributed by atoms with Crippen molar-refractivity contribution < 1.29 is 23.7 Å². The first-order valence-corrected chi connectivity index (χ1v) is 11.7. The van der Waals surface area contributed by atoms with Gasteiger partial charge in [-0.15, -0.1) is 11.6 Å². The molecule has 0 N–H and O–H groups in total. The van der Waals surface area contributed by atoms with Crippen LogP contribution in [0.1, 0.15) is 31.3 Å². The van der Waals surface area contributed by atoms with Crippen LogP contribution in [0.5, 0.6) is 0 Å². The van der Waals surface area contributed by atoms with Gasteiger partial charge in [0.2, 0.25) is 0 Å². The maximum atomic E-state index is 6.48. The molecule has 0 aromatic heterocycles. The number of benzene rings is 2. The molecule has 6 atom stereocenters. The fraction of sp³-hybridized carbons (Fsp3) is 0.520. The Balaban J connectivity index is 1.38. The monoisotopic (exact) mass is 459 g/mol. The van der Waals surface area contributed by atoms with E-state index in [1.54, 1.807) is 0 Å². The summed E-state index contributed by atoms with van der Waals surface area (Å²) in [6, 6.07) is 20.4. The molecule has 32 heavy (non-hydrogen) atoms. The van der Waals surface area contributed by atoms with E-state index in [-0.39, 0.29) is 24.4 Å². The standard InChI is InChI=1S/C25H30ClNO5/c1-25(2)31-22-21-20(29-24(22)32-25)19(28-23(30-21)18-11-7-4-8-12-18)16-27(14-13-26)15-17-9-5-3-6-10-17/h3-12,19-24H,13-16H2,1-2H3/t19-,20+,21+,22+,23-,24+/m0/s1. The van der Waals surface area contributed by atoms with Crippen LogP contribution in [0.15, 0.2) is 60.7 Å². The second-order valence-electron chi connectivity index (χ2n) is 9.00. The normalized spacial score (nSPS) is 33.2. The van der Waals surface area contributed by atoms with Crippen LogP contribution in [0.2, 0.25) is 0 Å². The Morgan fingerprint density at radius 3 is 2.28 bits per heavy atom. The lowest BCUT2D eigenvalue weighted by Gasteiger charge is -2.41. The van der Waals surface area contributed by atoms with Crippen molar-refractivity contribution in [1.29, 1.82) is 0 Å². The lowest BCUT2D eigenvalue weighted by Crippen LogP contribution is -2.53. The van der Waals surface area contributed by atoms with Crippen molar-refractivity contribution in [2.45, 2.75) is 63.2 Å². The Labute approximate surface area is 194 Å². The first-order valence-electron chi connectivity index (χ1n) is 11.2. The highest BCUT2D eigenvalue weighted by Gasteiger charge is 2.60. The number of hydrogen-bond donors (Lipinski definition) is 0. The second kappa shape index (κ2) is 9.39. The predicted octanol–water partition coefficient (Wildman–Crippen LogP) is 4.09. The number of halogens is 1.